The molecule has 0 atom stereocenters. The van der Waals surface area contributed by atoms with Crippen LogP contribution in [0.1, 0.15) is 76.3 Å². The van der Waals surface area contributed by atoms with E-state index in [9.17, 15) is 0 Å². The van der Waals surface area contributed by atoms with Crippen LogP contribution in [0.2, 0.25) is 13.1 Å². The Morgan fingerprint density at radius 3 is 1.22 bits per heavy atom. The number of hydrogen-bond donors (Lipinski definition) is 0. The monoisotopic (exact) mass is 792 g/mol. The van der Waals surface area contributed by atoms with Gasteiger partial charge in [-0.2, -0.15) is 12.1 Å². The number of halogens is 2. The van der Waals surface area contributed by atoms with Crippen molar-refractivity contribution < 1.29 is 48.1 Å². The third kappa shape index (κ3) is 9.60. The molecule has 50 heavy (non-hydrogen) atoms. The molecular formula is C46H52Cl2SiZr-2. The molecule has 0 radical (unpaired) electrons. The Kier molecular flexibility index (Phi) is 15.0. The zero-order chi connectivity index (χ0) is 33.6. The van der Waals surface area contributed by atoms with Crippen molar-refractivity contribution in [2.24, 2.45) is 10.8 Å². The third-order valence-corrected chi connectivity index (χ3v) is 11.3. The third-order valence-electron chi connectivity index (χ3n) is 11.3. The van der Waals surface area contributed by atoms with Crippen LogP contribution in [0.5, 0.6) is 0 Å². The molecule has 0 amide bonds. The molecule has 0 spiro atoms. The second-order valence-corrected chi connectivity index (χ2v) is 24.2. The van der Waals surface area contributed by atoms with Crippen LogP contribution in [0, 0.1) is 10.8 Å². The van der Waals surface area contributed by atoms with Crippen LogP contribution < -0.4 is 24.8 Å². The van der Waals surface area contributed by atoms with E-state index < -0.39 is 0 Å². The number of fused-ring (bicyclic) bond motifs is 2. The summed E-state index contributed by atoms with van der Waals surface area (Å²) < 4.78 is 0. The van der Waals surface area contributed by atoms with Crippen molar-refractivity contribution in [1.29, 1.82) is 0 Å². The first kappa shape index (κ1) is 40.5. The number of hydrogen-bond acceptors (Lipinski definition) is 0. The Morgan fingerprint density at radius 1 is 0.560 bits per heavy atom. The van der Waals surface area contributed by atoms with Crippen LogP contribution in [0.25, 0.3) is 43.8 Å². The van der Waals surface area contributed by atoms with Gasteiger partial charge in [0.1, 0.15) is 0 Å². The normalized spacial score (nSPS) is 15.2. The molecule has 0 heterocycles. The van der Waals surface area contributed by atoms with E-state index in [0.717, 1.165) is 0 Å². The first-order valence-corrected chi connectivity index (χ1v) is 24.5. The Morgan fingerprint density at radius 2 is 0.920 bits per heavy atom. The molecule has 0 aromatic heterocycles. The van der Waals surface area contributed by atoms with E-state index in [1.165, 1.54) is 119 Å². The fraction of sp³-hybridized carbons (Fsp3) is 0.348. The van der Waals surface area contributed by atoms with Crippen LogP contribution in [-0.4, -0.2) is 5.43 Å². The first-order valence-electron chi connectivity index (χ1n) is 18.3. The number of benzene rings is 4. The van der Waals surface area contributed by atoms with Gasteiger partial charge in [-0.25, -0.2) is 0 Å². The van der Waals surface area contributed by atoms with E-state index in [1.54, 1.807) is 23.3 Å². The van der Waals surface area contributed by atoms with Gasteiger partial charge in [0, 0.05) is 0 Å². The largest absolute Gasteiger partial charge is 1.00 e. The van der Waals surface area contributed by atoms with Crippen molar-refractivity contribution in [3.05, 3.63) is 132 Å². The second-order valence-electron chi connectivity index (χ2n) is 14.8. The molecule has 0 saturated heterocycles. The van der Waals surface area contributed by atoms with Crippen LogP contribution in [0.4, 0.5) is 0 Å². The molecular weight excluding hydrogens is 743 g/mol. The SMILES string of the molecule is CCC1(Cc2cc3c(-c4ccccc4)cccc3[cH-]2)CCC1.CCC1(Cc2cc3c(-c4ccccc4)cccc3[cH-]2)CCC1.C[Si](C)=[Zr+2].[Cl-].[Cl-]. The van der Waals surface area contributed by atoms with Gasteiger partial charge in [0.05, 0.1) is 0 Å². The maximum Gasteiger partial charge on any atom is -1.00 e. The Hall–Kier alpha value is -2.22. The van der Waals surface area contributed by atoms with Crippen molar-refractivity contribution in [2.45, 2.75) is 91.1 Å². The first-order chi connectivity index (χ1) is 23.3. The maximum atomic E-state index is 2.44. The molecule has 2 aliphatic rings. The van der Waals surface area contributed by atoms with Gasteiger partial charge >= 0.3 is 41.9 Å². The number of rotatable bonds is 8. The van der Waals surface area contributed by atoms with Gasteiger partial charge in [-0.1, -0.05) is 123 Å². The summed E-state index contributed by atoms with van der Waals surface area (Å²) in [5, 5.41) is 5.60. The van der Waals surface area contributed by atoms with E-state index in [2.05, 4.69) is 148 Å². The summed E-state index contributed by atoms with van der Waals surface area (Å²) in [6.07, 6.45) is 13.6. The van der Waals surface area contributed by atoms with Gasteiger partial charge in [0.15, 0.2) is 0 Å². The van der Waals surface area contributed by atoms with E-state index >= 15 is 0 Å². The van der Waals surface area contributed by atoms with Crippen LogP contribution in [0.15, 0.2) is 121 Å². The molecule has 260 valence electrons. The van der Waals surface area contributed by atoms with Crippen molar-refractivity contribution in [3.8, 4) is 22.3 Å². The quantitative estimate of drug-likeness (QED) is 0.111. The minimum Gasteiger partial charge on any atom is -1.00 e. The van der Waals surface area contributed by atoms with Crippen LogP contribution >= 0.6 is 0 Å². The van der Waals surface area contributed by atoms with E-state index in [4.69, 9.17) is 0 Å². The second kappa shape index (κ2) is 18.5. The van der Waals surface area contributed by atoms with Gasteiger partial charge in [-0.3, -0.25) is 0 Å². The summed E-state index contributed by atoms with van der Waals surface area (Å²) in [6.45, 7) is 9.33. The predicted octanol–water partition coefficient (Wildman–Crippen LogP) is 7.49. The van der Waals surface area contributed by atoms with E-state index in [1.807, 2.05) is 0 Å². The van der Waals surface area contributed by atoms with Gasteiger partial charge in [0.2, 0.25) is 0 Å². The van der Waals surface area contributed by atoms with Crippen molar-refractivity contribution in [2.75, 3.05) is 0 Å². The maximum absolute atomic E-state index is 2.44. The van der Waals surface area contributed by atoms with E-state index in [0.29, 0.717) is 10.8 Å². The molecule has 2 aliphatic carbocycles. The minimum absolute atomic E-state index is 0. The molecule has 0 unspecified atom stereocenters. The summed E-state index contributed by atoms with van der Waals surface area (Å²) in [5.41, 5.74) is 9.82. The smallest absolute Gasteiger partial charge is 1.00 e. The van der Waals surface area contributed by atoms with Gasteiger partial charge in [-0.15, -0.1) is 69.1 Å². The average molecular weight is 795 g/mol. The zero-order valence-electron chi connectivity index (χ0n) is 30.4. The Balaban J connectivity index is 0.000000196. The predicted molar refractivity (Wildman–Crippen MR) is 208 cm³/mol. The molecule has 0 bridgehead atoms. The van der Waals surface area contributed by atoms with Crippen molar-refractivity contribution in [3.63, 3.8) is 0 Å². The zero-order valence-corrected chi connectivity index (χ0v) is 35.3. The summed E-state index contributed by atoms with van der Waals surface area (Å²) >= 11 is 1.74. The topological polar surface area (TPSA) is 0 Å². The Bertz CT molecular complexity index is 1790. The molecule has 0 N–H and O–H groups in total. The molecule has 2 saturated carbocycles. The van der Waals surface area contributed by atoms with Crippen molar-refractivity contribution in [1.82, 2.24) is 0 Å². The molecule has 8 rings (SSSR count). The van der Waals surface area contributed by atoms with Crippen molar-refractivity contribution >= 4 is 27.0 Å². The molecule has 4 heteroatoms. The summed E-state index contributed by atoms with van der Waals surface area (Å²) in [5.74, 6) is 0. The molecule has 6 aromatic carbocycles. The average Bonchev–Trinajstić information content (AvgIpc) is 3.68. The molecule has 0 aliphatic heterocycles. The summed E-state index contributed by atoms with van der Waals surface area (Å²) in [4.78, 5) is 0. The molecule has 6 aromatic rings. The van der Waals surface area contributed by atoms with Crippen LogP contribution in [0.3, 0.4) is 0 Å². The standard InChI is InChI=1S/2C22H23.C2H6Si.2ClH.Zr/c2*1-2-22(12-7-13-22)16-17-14-19-10-6-11-20(21(19)15-17)18-8-4-3-5-9-18;1-3-2;;;/h2*3-6,8-11,14-15H,2,7,12-13,16H2,1H3;1-2H3;2*1H;/q2*-1;;;;+2/p-2. The fourth-order valence-electron chi connectivity index (χ4n) is 8.07. The van der Waals surface area contributed by atoms with Gasteiger partial charge in [-0.05, 0) is 60.5 Å². The summed E-state index contributed by atoms with van der Waals surface area (Å²) in [7, 11) is 0. The van der Waals surface area contributed by atoms with E-state index in [-0.39, 0.29) is 30.2 Å². The van der Waals surface area contributed by atoms with Crippen LogP contribution in [-0.2, 0) is 36.2 Å². The molecule has 2 fully saturated rings. The minimum atomic E-state index is 0. The Labute approximate surface area is 329 Å². The van der Waals surface area contributed by atoms with Gasteiger partial charge < -0.3 is 24.8 Å². The van der Waals surface area contributed by atoms with Gasteiger partial charge in [0.25, 0.3) is 0 Å². The molecule has 0 nitrogen and oxygen atoms in total. The summed E-state index contributed by atoms with van der Waals surface area (Å²) in [6, 6.07) is 44.6. The fourth-order valence-corrected chi connectivity index (χ4v) is 8.07.